The van der Waals surface area contributed by atoms with Crippen LogP contribution in [-0.4, -0.2) is 55.6 Å². The highest BCUT2D eigenvalue weighted by Gasteiger charge is 2.39. The molecule has 7 nitrogen and oxygen atoms in total. The normalized spacial score (nSPS) is 18.4. The molecule has 1 fully saturated rings. The number of sulfone groups is 1. The number of Topliss-reactive ketones (excluding diaryl/α,β-unsaturated/α-hetero) is 1. The summed E-state index contributed by atoms with van der Waals surface area (Å²) in [5.74, 6) is -1.13. The van der Waals surface area contributed by atoms with Crippen LogP contribution in [-0.2, 0) is 14.6 Å². The van der Waals surface area contributed by atoms with E-state index in [1.807, 2.05) is 0 Å². The van der Waals surface area contributed by atoms with Crippen LogP contribution >= 0.6 is 0 Å². The summed E-state index contributed by atoms with van der Waals surface area (Å²) in [6.45, 7) is -0.357. The number of rotatable bonds is 6. The van der Waals surface area contributed by atoms with Crippen molar-refractivity contribution in [2.45, 2.75) is 12.5 Å². The average Bonchev–Trinajstić information content (AvgIpc) is 2.73. The Morgan fingerprint density at radius 3 is 2.45 bits per heavy atom. The molecule has 22 heavy (non-hydrogen) atoms. The second-order valence-electron chi connectivity index (χ2n) is 5.13. The fourth-order valence-electron chi connectivity index (χ4n) is 2.11. The van der Waals surface area contributed by atoms with Crippen molar-refractivity contribution in [3.8, 4) is 0 Å². The second-order valence-corrected chi connectivity index (χ2v) is 7.39. The van der Waals surface area contributed by atoms with Gasteiger partial charge >= 0.3 is 6.03 Å². The number of carbonyl (C=O) groups is 3. The zero-order valence-corrected chi connectivity index (χ0v) is 12.8. The van der Waals surface area contributed by atoms with Crippen LogP contribution in [0.15, 0.2) is 30.3 Å². The molecule has 1 N–H and O–H groups in total. The number of nitrogens with one attached hydrogen (secondary N) is 1. The van der Waals surface area contributed by atoms with Crippen molar-refractivity contribution in [2.75, 3.05) is 18.6 Å². The van der Waals surface area contributed by atoms with Gasteiger partial charge in [-0.05, 0) is 6.42 Å². The summed E-state index contributed by atoms with van der Waals surface area (Å²) < 4.78 is 22.3. The summed E-state index contributed by atoms with van der Waals surface area (Å²) in [6.07, 6.45) is 1.06. The van der Waals surface area contributed by atoms with Crippen molar-refractivity contribution in [2.24, 2.45) is 0 Å². The number of benzene rings is 1. The predicted octanol–water partition coefficient (Wildman–Crippen LogP) is 0.224. The maximum Gasteiger partial charge on any atom is 0.325 e. The summed E-state index contributed by atoms with van der Waals surface area (Å²) in [5, 5.41) is 2.40. The molecule has 0 unspecified atom stereocenters. The Bertz CT molecular complexity index is 699. The highest BCUT2D eigenvalue weighted by molar-refractivity contribution is 7.90. The maximum atomic E-state index is 12.1. The molecule has 2 rings (SSSR count). The third kappa shape index (κ3) is 3.91. The van der Waals surface area contributed by atoms with Gasteiger partial charge in [0.05, 0.1) is 12.3 Å². The van der Waals surface area contributed by atoms with Gasteiger partial charge in [0.25, 0.3) is 5.91 Å². The van der Waals surface area contributed by atoms with Crippen LogP contribution in [0.5, 0.6) is 0 Å². The molecule has 1 saturated heterocycles. The minimum absolute atomic E-state index is 0.000561. The van der Waals surface area contributed by atoms with Gasteiger partial charge in [-0.25, -0.2) is 13.2 Å². The van der Waals surface area contributed by atoms with Crippen molar-refractivity contribution in [1.82, 2.24) is 10.2 Å². The highest BCUT2D eigenvalue weighted by Crippen LogP contribution is 2.12. The monoisotopic (exact) mass is 324 g/mol. The van der Waals surface area contributed by atoms with Crippen molar-refractivity contribution >= 4 is 27.6 Å². The molecule has 1 aliphatic heterocycles. The molecule has 118 valence electrons. The number of hydrogen-bond acceptors (Lipinski definition) is 5. The van der Waals surface area contributed by atoms with Gasteiger partial charge in [-0.2, -0.15) is 0 Å². The Labute approximate surface area is 128 Å². The highest BCUT2D eigenvalue weighted by atomic mass is 32.2. The first-order valence-electron chi connectivity index (χ1n) is 6.66. The van der Waals surface area contributed by atoms with Crippen LogP contribution in [0.2, 0.25) is 0 Å². The lowest BCUT2D eigenvalue weighted by Crippen LogP contribution is -2.36. The molecule has 1 atom stereocenters. The molecule has 0 bridgehead atoms. The van der Waals surface area contributed by atoms with Crippen LogP contribution in [0, 0.1) is 0 Å². The van der Waals surface area contributed by atoms with Gasteiger partial charge in [0.15, 0.2) is 5.78 Å². The van der Waals surface area contributed by atoms with Gasteiger partial charge < -0.3 is 5.32 Å². The van der Waals surface area contributed by atoms with Crippen molar-refractivity contribution in [3.05, 3.63) is 35.9 Å². The van der Waals surface area contributed by atoms with E-state index in [4.69, 9.17) is 0 Å². The van der Waals surface area contributed by atoms with E-state index in [1.54, 1.807) is 30.3 Å². The first-order valence-corrected chi connectivity index (χ1v) is 8.72. The minimum Gasteiger partial charge on any atom is -0.326 e. The zero-order valence-electron chi connectivity index (χ0n) is 12.0. The molecule has 1 aliphatic rings. The molecule has 1 aromatic rings. The molecule has 1 heterocycles. The van der Waals surface area contributed by atoms with Gasteiger partial charge in [-0.3, -0.25) is 14.5 Å². The molecule has 3 amide bonds. The summed E-state index contributed by atoms with van der Waals surface area (Å²) in [6, 6.07) is 6.76. The van der Waals surface area contributed by atoms with E-state index in [-0.39, 0.29) is 24.5 Å². The summed E-state index contributed by atoms with van der Waals surface area (Å²) in [7, 11) is -3.22. The first-order chi connectivity index (χ1) is 10.3. The molecule has 0 spiro atoms. The third-order valence-electron chi connectivity index (χ3n) is 3.28. The molecule has 0 aliphatic carbocycles. The number of amides is 3. The lowest BCUT2D eigenvalue weighted by Gasteiger charge is -2.12. The number of urea groups is 1. The first kappa shape index (κ1) is 16.2. The van der Waals surface area contributed by atoms with Crippen LogP contribution in [0.1, 0.15) is 16.8 Å². The smallest absolute Gasteiger partial charge is 0.325 e. The van der Waals surface area contributed by atoms with Gasteiger partial charge in [0, 0.05) is 11.8 Å². The Hall–Kier alpha value is -2.22. The lowest BCUT2D eigenvalue weighted by molar-refractivity contribution is -0.127. The number of hydrogen-bond donors (Lipinski definition) is 1. The molecular formula is C14H16N2O5S. The van der Waals surface area contributed by atoms with Crippen molar-refractivity contribution in [3.63, 3.8) is 0 Å². The van der Waals surface area contributed by atoms with Crippen molar-refractivity contribution in [1.29, 1.82) is 0 Å². The Kier molecular flexibility index (Phi) is 4.60. The van der Waals surface area contributed by atoms with E-state index in [1.165, 1.54) is 0 Å². The number of imide groups is 1. The Morgan fingerprint density at radius 1 is 1.23 bits per heavy atom. The van der Waals surface area contributed by atoms with E-state index >= 15 is 0 Å². The van der Waals surface area contributed by atoms with Crippen LogP contribution < -0.4 is 5.32 Å². The van der Waals surface area contributed by atoms with E-state index in [0.29, 0.717) is 5.56 Å². The Balaban J connectivity index is 2.02. The summed E-state index contributed by atoms with van der Waals surface area (Å²) >= 11 is 0. The van der Waals surface area contributed by atoms with E-state index in [2.05, 4.69) is 5.32 Å². The number of ketones is 1. The second kappa shape index (κ2) is 6.27. The van der Waals surface area contributed by atoms with Crippen LogP contribution in [0.25, 0.3) is 0 Å². The minimum atomic E-state index is -3.22. The topological polar surface area (TPSA) is 101 Å². The fourth-order valence-corrected chi connectivity index (χ4v) is 2.78. The summed E-state index contributed by atoms with van der Waals surface area (Å²) in [4.78, 5) is 36.7. The van der Waals surface area contributed by atoms with Gasteiger partial charge in [-0.1, -0.05) is 30.3 Å². The van der Waals surface area contributed by atoms with Crippen LogP contribution in [0.4, 0.5) is 4.79 Å². The third-order valence-corrected chi connectivity index (χ3v) is 4.26. The molecule has 1 aromatic carbocycles. The van der Waals surface area contributed by atoms with E-state index in [9.17, 15) is 22.8 Å². The maximum absolute atomic E-state index is 12.1. The summed E-state index contributed by atoms with van der Waals surface area (Å²) in [5.41, 5.74) is 0.405. The SMILES string of the molecule is CS(=O)(=O)CC[C@@H]1NC(=O)N(CC(=O)c2ccccc2)C1=O. The average molecular weight is 324 g/mol. The fraction of sp³-hybridized carbons (Fsp3) is 0.357. The quantitative estimate of drug-likeness (QED) is 0.596. The van der Waals surface area contributed by atoms with Gasteiger partial charge in [0.2, 0.25) is 0 Å². The number of carbonyl (C=O) groups excluding carboxylic acids is 3. The number of nitrogens with zero attached hydrogens (tertiary/aromatic N) is 1. The van der Waals surface area contributed by atoms with Crippen LogP contribution in [0.3, 0.4) is 0 Å². The van der Waals surface area contributed by atoms with E-state index in [0.717, 1.165) is 11.2 Å². The van der Waals surface area contributed by atoms with Gasteiger partial charge in [-0.15, -0.1) is 0 Å². The predicted molar refractivity (Wildman–Crippen MR) is 79.1 cm³/mol. The van der Waals surface area contributed by atoms with E-state index < -0.39 is 27.8 Å². The molecule has 0 radical (unpaired) electrons. The lowest BCUT2D eigenvalue weighted by atomic mass is 10.1. The largest absolute Gasteiger partial charge is 0.326 e. The van der Waals surface area contributed by atoms with Gasteiger partial charge in [0.1, 0.15) is 15.9 Å². The molecule has 0 aromatic heterocycles. The standard InChI is InChI=1S/C14H16N2O5S/c1-22(20,21)8-7-11-13(18)16(14(19)15-11)9-12(17)10-5-3-2-4-6-10/h2-6,11H,7-9H2,1H3,(H,15,19)/t11-/m0/s1. The molecular weight excluding hydrogens is 308 g/mol. The zero-order chi connectivity index (χ0) is 16.3. The Morgan fingerprint density at radius 2 is 1.86 bits per heavy atom. The molecule has 8 heteroatoms. The molecule has 0 saturated carbocycles. The van der Waals surface area contributed by atoms with Crippen molar-refractivity contribution < 1.29 is 22.8 Å².